The van der Waals surface area contributed by atoms with E-state index in [0.29, 0.717) is 0 Å². The molecule has 0 bridgehead atoms. The molecule has 1 aromatic carbocycles. The van der Waals surface area contributed by atoms with Crippen molar-refractivity contribution >= 4 is 34.4 Å². The van der Waals surface area contributed by atoms with E-state index >= 15 is 0 Å². The predicted octanol–water partition coefficient (Wildman–Crippen LogP) is 3.68. The van der Waals surface area contributed by atoms with Gasteiger partial charge in [0.1, 0.15) is 0 Å². The second-order valence-electron chi connectivity index (χ2n) is 3.40. The summed E-state index contributed by atoms with van der Waals surface area (Å²) in [6, 6.07) is 8.41. The topological polar surface area (TPSA) is 25.8 Å². The zero-order chi connectivity index (χ0) is 11.4. The molecule has 0 atom stereocenters. The molecule has 4 heteroatoms. The summed E-state index contributed by atoms with van der Waals surface area (Å²) in [5, 5.41) is 0.837. The number of thioether (sulfide) groups is 1. The van der Waals surface area contributed by atoms with Gasteiger partial charge in [-0.1, -0.05) is 36.0 Å². The third kappa shape index (κ3) is 3.18. The number of hydrogen-bond donors (Lipinski definition) is 0. The minimum Gasteiger partial charge on any atom is -0.230 e. The van der Waals surface area contributed by atoms with Crippen LogP contribution in [0.3, 0.4) is 0 Å². The maximum absolute atomic E-state index is 4.27. The third-order valence-electron chi connectivity index (χ3n) is 2.21. The minimum atomic E-state index is 0.837. The van der Waals surface area contributed by atoms with Crippen molar-refractivity contribution in [2.75, 3.05) is 0 Å². The highest BCUT2D eigenvalue weighted by molar-refractivity contribution is 14.1. The van der Waals surface area contributed by atoms with Gasteiger partial charge in [0.15, 0.2) is 5.16 Å². The minimum absolute atomic E-state index is 0.837. The van der Waals surface area contributed by atoms with Crippen LogP contribution >= 0.6 is 34.4 Å². The molecular formula is C12H11IN2S. The van der Waals surface area contributed by atoms with E-state index in [-0.39, 0.29) is 0 Å². The Morgan fingerprint density at radius 2 is 1.88 bits per heavy atom. The maximum atomic E-state index is 4.27. The molecule has 0 radical (unpaired) electrons. The summed E-state index contributed by atoms with van der Waals surface area (Å²) in [6.07, 6.45) is 3.68. The van der Waals surface area contributed by atoms with Crippen LogP contribution in [0.15, 0.2) is 41.8 Å². The number of nitrogens with zero attached hydrogens (tertiary/aromatic N) is 2. The lowest BCUT2D eigenvalue weighted by Gasteiger charge is -2.03. The van der Waals surface area contributed by atoms with E-state index in [0.717, 1.165) is 14.5 Å². The van der Waals surface area contributed by atoms with Gasteiger partial charge in [-0.15, -0.1) is 0 Å². The molecule has 82 valence electrons. The second-order valence-corrected chi connectivity index (χ2v) is 5.59. The van der Waals surface area contributed by atoms with Crippen LogP contribution in [0.2, 0.25) is 0 Å². The van der Waals surface area contributed by atoms with Gasteiger partial charge in [0.05, 0.1) is 0 Å². The van der Waals surface area contributed by atoms with E-state index in [2.05, 4.69) is 63.7 Å². The van der Waals surface area contributed by atoms with E-state index in [1.165, 1.54) is 11.1 Å². The van der Waals surface area contributed by atoms with Crippen molar-refractivity contribution in [1.82, 2.24) is 9.97 Å². The molecule has 2 aromatic rings. The number of hydrogen-bond acceptors (Lipinski definition) is 3. The largest absolute Gasteiger partial charge is 0.230 e. The van der Waals surface area contributed by atoms with E-state index < -0.39 is 0 Å². The molecular weight excluding hydrogens is 331 g/mol. The fourth-order valence-corrected chi connectivity index (χ4v) is 2.43. The standard InChI is InChI=1S/C12H11IN2S/c1-9-4-2-3-5-10(9)8-16-12-14-6-11(13)7-15-12/h2-7H,8H2,1H3. The van der Waals surface area contributed by atoms with Gasteiger partial charge in [-0.3, -0.25) is 0 Å². The summed E-state index contributed by atoms with van der Waals surface area (Å²) in [5.41, 5.74) is 2.66. The molecule has 0 amide bonds. The maximum Gasteiger partial charge on any atom is 0.187 e. The monoisotopic (exact) mass is 342 g/mol. The average molecular weight is 342 g/mol. The summed E-state index contributed by atoms with van der Waals surface area (Å²) >= 11 is 3.88. The van der Waals surface area contributed by atoms with Crippen LogP contribution in [-0.2, 0) is 5.75 Å². The van der Waals surface area contributed by atoms with Gasteiger partial charge in [-0.05, 0) is 40.6 Å². The molecule has 2 rings (SSSR count). The summed E-state index contributed by atoms with van der Waals surface area (Å²) in [7, 11) is 0. The molecule has 1 aromatic heterocycles. The Kier molecular flexibility index (Phi) is 4.17. The Bertz CT molecular complexity index is 471. The van der Waals surface area contributed by atoms with Crippen molar-refractivity contribution < 1.29 is 0 Å². The molecule has 1 heterocycles. The highest BCUT2D eigenvalue weighted by atomic mass is 127. The highest BCUT2D eigenvalue weighted by Crippen LogP contribution is 2.20. The molecule has 16 heavy (non-hydrogen) atoms. The molecule has 0 aliphatic carbocycles. The van der Waals surface area contributed by atoms with Crippen molar-refractivity contribution in [3.05, 3.63) is 51.4 Å². The zero-order valence-electron chi connectivity index (χ0n) is 8.85. The Morgan fingerprint density at radius 3 is 2.56 bits per heavy atom. The van der Waals surface area contributed by atoms with Gasteiger partial charge in [0.2, 0.25) is 0 Å². The van der Waals surface area contributed by atoms with E-state index in [4.69, 9.17) is 0 Å². The molecule has 0 aliphatic rings. The summed E-state index contributed by atoms with van der Waals surface area (Å²) in [4.78, 5) is 8.53. The van der Waals surface area contributed by atoms with E-state index in [1.807, 2.05) is 12.4 Å². The number of rotatable bonds is 3. The van der Waals surface area contributed by atoms with Crippen LogP contribution in [0, 0.1) is 10.5 Å². The van der Waals surface area contributed by atoms with Crippen LogP contribution in [0.1, 0.15) is 11.1 Å². The van der Waals surface area contributed by atoms with Crippen molar-refractivity contribution in [1.29, 1.82) is 0 Å². The number of aryl methyl sites for hydroxylation is 1. The molecule has 0 saturated heterocycles. The summed E-state index contributed by atoms with van der Waals surface area (Å²) in [5.74, 6) is 0.924. The Hall–Kier alpha value is -0.620. The fourth-order valence-electron chi connectivity index (χ4n) is 1.29. The van der Waals surface area contributed by atoms with E-state index in [1.54, 1.807) is 11.8 Å². The highest BCUT2D eigenvalue weighted by Gasteiger charge is 2.01. The van der Waals surface area contributed by atoms with Crippen molar-refractivity contribution in [2.45, 2.75) is 17.8 Å². The van der Waals surface area contributed by atoms with Crippen molar-refractivity contribution in [2.24, 2.45) is 0 Å². The number of halogens is 1. The molecule has 2 nitrogen and oxygen atoms in total. The zero-order valence-corrected chi connectivity index (χ0v) is 11.8. The predicted molar refractivity (Wildman–Crippen MR) is 75.5 cm³/mol. The van der Waals surface area contributed by atoms with Crippen LogP contribution < -0.4 is 0 Å². The molecule has 0 spiro atoms. The van der Waals surface area contributed by atoms with Crippen LogP contribution in [0.25, 0.3) is 0 Å². The third-order valence-corrected chi connectivity index (χ3v) is 3.70. The SMILES string of the molecule is Cc1ccccc1CSc1ncc(I)cn1. The normalized spacial score (nSPS) is 10.4. The average Bonchev–Trinajstić information content (AvgIpc) is 2.30. The first-order valence-corrected chi connectivity index (χ1v) is 6.97. The molecule has 0 saturated carbocycles. The Balaban J connectivity index is 2.02. The first kappa shape index (κ1) is 11.9. The van der Waals surface area contributed by atoms with Gasteiger partial charge in [-0.25, -0.2) is 9.97 Å². The van der Waals surface area contributed by atoms with Crippen LogP contribution in [-0.4, -0.2) is 9.97 Å². The van der Waals surface area contributed by atoms with E-state index in [9.17, 15) is 0 Å². The lowest BCUT2D eigenvalue weighted by Crippen LogP contribution is -1.89. The van der Waals surface area contributed by atoms with Crippen LogP contribution in [0.4, 0.5) is 0 Å². The molecule has 0 fully saturated rings. The summed E-state index contributed by atoms with van der Waals surface area (Å²) in [6.45, 7) is 2.13. The molecule has 0 unspecified atom stereocenters. The van der Waals surface area contributed by atoms with Gasteiger partial charge in [-0.2, -0.15) is 0 Å². The van der Waals surface area contributed by atoms with Gasteiger partial charge < -0.3 is 0 Å². The quantitative estimate of drug-likeness (QED) is 0.483. The van der Waals surface area contributed by atoms with Crippen molar-refractivity contribution in [3.8, 4) is 0 Å². The van der Waals surface area contributed by atoms with Gasteiger partial charge in [0, 0.05) is 21.7 Å². The van der Waals surface area contributed by atoms with Crippen molar-refractivity contribution in [3.63, 3.8) is 0 Å². The summed E-state index contributed by atoms with van der Waals surface area (Å²) < 4.78 is 1.07. The lowest BCUT2D eigenvalue weighted by atomic mass is 10.1. The fraction of sp³-hybridized carbons (Fsp3) is 0.167. The van der Waals surface area contributed by atoms with Gasteiger partial charge >= 0.3 is 0 Å². The number of aromatic nitrogens is 2. The molecule has 0 N–H and O–H groups in total. The number of benzene rings is 1. The van der Waals surface area contributed by atoms with Crippen LogP contribution in [0.5, 0.6) is 0 Å². The first-order valence-electron chi connectivity index (χ1n) is 4.90. The first-order chi connectivity index (χ1) is 7.75. The second kappa shape index (κ2) is 5.63. The lowest BCUT2D eigenvalue weighted by molar-refractivity contribution is 0.956. The Labute approximate surface area is 113 Å². The van der Waals surface area contributed by atoms with Gasteiger partial charge in [0.25, 0.3) is 0 Å². The smallest absolute Gasteiger partial charge is 0.187 e. The molecule has 0 aliphatic heterocycles. The Morgan fingerprint density at radius 1 is 1.19 bits per heavy atom.